The van der Waals surface area contributed by atoms with E-state index in [9.17, 15) is 37.7 Å². The zero-order chi connectivity index (χ0) is 28.0. The van der Waals surface area contributed by atoms with Crippen molar-refractivity contribution in [2.45, 2.75) is 56.4 Å². The fourth-order valence-electron chi connectivity index (χ4n) is 3.89. The zero-order valence-electron chi connectivity index (χ0n) is 21.5. The van der Waals surface area contributed by atoms with Gasteiger partial charge >= 0.3 is 29.6 Å². The summed E-state index contributed by atoms with van der Waals surface area (Å²) in [6.45, 7) is 1.91. The molecule has 39 heavy (non-hydrogen) atoms. The number of carbonyl (C=O) groups excluding carboxylic acids is 2. The predicted octanol–water partition coefficient (Wildman–Crippen LogP) is -2.78. The van der Waals surface area contributed by atoms with Crippen LogP contribution >= 0.6 is 0 Å². The van der Waals surface area contributed by atoms with Crippen molar-refractivity contribution in [3.05, 3.63) is 71.3 Å². The quantitative estimate of drug-likeness (QED) is 0.168. The Balaban J connectivity index is 0.00000533. The standard InChI is InChI=1S/C25H29FN4O7S.Na/c1-15-23(25(35)28-14-16-2-8-21(9-3-16)38(27,36)37)29-24(17-4-6-18(26)7-5-17)30(15)11-10-19(31)12-20(32)13-22(33)34;/h2-9,19-20,31-32H,10-14H2,1H3,(H,28,35)(H,33,34)(H2,27,36,37);/q;+1/p-1/t19-,20-;/m1./s1. The maximum absolute atomic E-state index is 13.5. The first-order valence-electron chi connectivity index (χ1n) is 11.6. The summed E-state index contributed by atoms with van der Waals surface area (Å²) in [7, 11) is -3.84. The zero-order valence-corrected chi connectivity index (χ0v) is 24.3. The van der Waals surface area contributed by atoms with Crippen LogP contribution in [0.5, 0.6) is 0 Å². The minimum absolute atomic E-state index is 0. The van der Waals surface area contributed by atoms with E-state index in [1.54, 1.807) is 11.5 Å². The van der Waals surface area contributed by atoms with Gasteiger partial charge in [0.25, 0.3) is 5.91 Å². The number of rotatable bonds is 12. The molecule has 3 aromatic rings. The van der Waals surface area contributed by atoms with E-state index in [-0.39, 0.29) is 66.1 Å². The number of nitrogens with zero attached hydrogens (tertiary/aromatic N) is 2. The number of carbonyl (C=O) groups is 2. The first-order valence-corrected chi connectivity index (χ1v) is 13.2. The number of nitrogens with one attached hydrogen (secondary N) is 1. The Morgan fingerprint density at radius 1 is 1.10 bits per heavy atom. The minimum atomic E-state index is -3.84. The number of aromatic nitrogens is 2. The van der Waals surface area contributed by atoms with Crippen molar-refractivity contribution >= 4 is 21.9 Å². The van der Waals surface area contributed by atoms with Crippen LogP contribution in [0.1, 0.15) is 41.0 Å². The van der Waals surface area contributed by atoms with Crippen molar-refractivity contribution in [1.29, 1.82) is 0 Å². The van der Waals surface area contributed by atoms with Gasteiger partial charge in [0.05, 0.1) is 17.1 Å². The smallest absolute Gasteiger partial charge is 0.550 e. The van der Waals surface area contributed by atoms with Crippen molar-refractivity contribution in [3.63, 3.8) is 0 Å². The van der Waals surface area contributed by atoms with Crippen LogP contribution in [0.4, 0.5) is 4.39 Å². The fourth-order valence-corrected chi connectivity index (χ4v) is 4.41. The van der Waals surface area contributed by atoms with Crippen molar-refractivity contribution in [3.8, 4) is 11.4 Å². The molecule has 0 bridgehead atoms. The van der Waals surface area contributed by atoms with E-state index < -0.39 is 46.3 Å². The number of aliphatic hydroxyl groups excluding tert-OH is 2. The van der Waals surface area contributed by atoms with Crippen molar-refractivity contribution in [2.24, 2.45) is 5.14 Å². The molecule has 0 unspecified atom stereocenters. The van der Waals surface area contributed by atoms with E-state index in [1.807, 2.05) is 0 Å². The van der Waals surface area contributed by atoms with Crippen LogP contribution in [0.25, 0.3) is 11.4 Å². The summed E-state index contributed by atoms with van der Waals surface area (Å²) in [5.74, 6) is -2.03. The van der Waals surface area contributed by atoms with Crippen LogP contribution in [-0.2, 0) is 27.9 Å². The summed E-state index contributed by atoms with van der Waals surface area (Å²) in [4.78, 5) is 28.0. The van der Waals surface area contributed by atoms with Crippen LogP contribution in [-0.4, -0.2) is 52.3 Å². The number of benzene rings is 2. The van der Waals surface area contributed by atoms with Gasteiger partial charge in [-0.2, -0.15) is 0 Å². The van der Waals surface area contributed by atoms with Gasteiger partial charge in [0.1, 0.15) is 17.3 Å². The van der Waals surface area contributed by atoms with Gasteiger partial charge in [-0.1, -0.05) is 12.1 Å². The normalized spacial score (nSPS) is 12.8. The summed E-state index contributed by atoms with van der Waals surface area (Å²) in [6, 6.07) is 11.2. The number of imidazole rings is 1. The van der Waals surface area contributed by atoms with Gasteiger partial charge in [0.15, 0.2) is 0 Å². The average molecular weight is 571 g/mol. The van der Waals surface area contributed by atoms with Gasteiger partial charge in [0.2, 0.25) is 10.0 Å². The van der Waals surface area contributed by atoms with Crippen molar-refractivity contribution < 1.29 is 67.3 Å². The molecule has 0 aliphatic rings. The van der Waals surface area contributed by atoms with Gasteiger partial charge in [-0.25, -0.2) is 22.9 Å². The molecule has 0 aliphatic carbocycles. The second-order valence-corrected chi connectivity index (χ2v) is 10.4. The van der Waals surface area contributed by atoms with Crippen LogP contribution in [0.3, 0.4) is 0 Å². The van der Waals surface area contributed by atoms with E-state index in [2.05, 4.69) is 10.3 Å². The number of hydrogen-bond donors (Lipinski definition) is 4. The van der Waals surface area contributed by atoms with Crippen LogP contribution in [0, 0.1) is 12.7 Å². The molecular formula is C25H28FN4NaO7S. The second kappa shape index (κ2) is 14.1. The third kappa shape index (κ3) is 9.21. The number of amides is 1. The Bertz CT molecular complexity index is 1400. The minimum Gasteiger partial charge on any atom is -0.550 e. The average Bonchev–Trinajstić information content (AvgIpc) is 3.17. The number of nitrogens with two attached hydrogens (primary N) is 1. The number of aliphatic hydroxyl groups is 2. The number of carboxylic acid groups (broad SMARTS) is 1. The summed E-state index contributed by atoms with van der Waals surface area (Å²) in [5.41, 5.74) is 1.71. The van der Waals surface area contributed by atoms with E-state index in [0.717, 1.165) is 0 Å². The molecule has 1 heterocycles. The maximum Gasteiger partial charge on any atom is 1.00 e. The molecule has 5 N–H and O–H groups in total. The first kappa shape index (κ1) is 32.6. The molecule has 2 aromatic carbocycles. The number of primary sulfonamides is 1. The van der Waals surface area contributed by atoms with Gasteiger partial charge in [-0.05, 0) is 61.7 Å². The van der Waals surface area contributed by atoms with Crippen molar-refractivity contribution in [1.82, 2.24) is 14.9 Å². The van der Waals surface area contributed by atoms with Crippen LogP contribution in [0.2, 0.25) is 0 Å². The largest absolute Gasteiger partial charge is 1.00 e. The van der Waals surface area contributed by atoms with E-state index >= 15 is 0 Å². The summed E-state index contributed by atoms with van der Waals surface area (Å²) in [5, 5.41) is 38.5. The molecule has 0 fully saturated rings. The molecule has 0 radical (unpaired) electrons. The Morgan fingerprint density at radius 2 is 1.72 bits per heavy atom. The molecule has 3 rings (SSSR count). The third-order valence-electron chi connectivity index (χ3n) is 5.88. The van der Waals surface area contributed by atoms with E-state index in [1.165, 1.54) is 48.5 Å². The second-order valence-electron chi connectivity index (χ2n) is 8.81. The third-order valence-corrected chi connectivity index (χ3v) is 6.81. The molecular weight excluding hydrogens is 542 g/mol. The van der Waals surface area contributed by atoms with E-state index in [4.69, 9.17) is 5.14 Å². The van der Waals surface area contributed by atoms with E-state index in [0.29, 0.717) is 22.6 Å². The molecule has 0 saturated carbocycles. The monoisotopic (exact) mass is 570 g/mol. The molecule has 2 atom stereocenters. The SMILES string of the molecule is Cc1c(C(=O)NCc2ccc(S(N)(=O)=O)cc2)nc(-c2ccc(F)cc2)n1CC[C@@H](O)C[C@@H](O)CC(=O)[O-].[Na+]. The van der Waals surface area contributed by atoms with Crippen molar-refractivity contribution in [2.75, 3.05) is 0 Å². The fraction of sp³-hybridized carbons (Fsp3) is 0.320. The van der Waals surface area contributed by atoms with Crippen LogP contribution in [0.15, 0.2) is 53.4 Å². The number of sulfonamides is 1. The van der Waals surface area contributed by atoms with Crippen LogP contribution < -0.4 is 45.1 Å². The topological polar surface area (TPSA) is 188 Å². The Morgan fingerprint density at radius 3 is 2.28 bits per heavy atom. The maximum atomic E-state index is 13.5. The number of halogens is 1. The Hall–Kier alpha value is -2.65. The Labute approximate surface area is 247 Å². The predicted molar refractivity (Wildman–Crippen MR) is 132 cm³/mol. The molecule has 14 heteroatoms. The number of hydrogen-bond acceptors (Lipinski definition) is 8. The Kier molecular flexibility index (Phi) is 11.8. The van der Waals surface area contributed by atoms with Gasteiger partial charge in [-0.3, -0.25) is 4.79 Å². The molecule has 0 aliphatic heterocycles. The molecule has 204 valence electrons. The summed E-state index contributed by atoms with van der Waals surface area (Å²) < 4.78 is 38.0. The molecule has 11 nitrogen and oxygen atoms in total. The molecule has 0 spiro atoms. The van der Waals surface area contributed by atoms with Gasteiger partial charge in [-0.15, -0.1) is 0 Å². The first-order chi connectivity index (χ1) is 17.8. The number of carboxylic acids is 1. The summed E-state index contributed by atoms with van der Waals surface area (Å²) >= 11 is 0. The molecule has 1 amide bonds. The van der Waals surface area contributed by atoms with Gasteiger partial charge < -0.3 is 30.0 Å². The molecule has 1 aromatic heterocycles. The number of aliphatic carboxylic acids is 1. The summed E-state index contributed by atoms with van der Waals surface area (Å²) in [6.07, 6.45) is -2.96. The van der Waals surface area contributed by atoms with Gasteiger partial charge in [0, 0.05) is 36.7 Å². The molecule has 0 saturated heterocycles.